The summed E-state index contributed by atoms with van der Waals surface area (Å²) >= 11 is 3.83. The summed E-state index contributed by atoms with van der Waals surface area (Å²) in [6.45, 7) is 0. The number of thiophene rings is 2. The second-order valence-corrected chi connectivity index (χ2v) is 14.1. The second-order valence-electron chi connectivity index (χ2n) is 12.0. The van der Waals surface area contributed by atoms with Crippen molar-refractivity contribution in [3.05, 3.63) is 158 Å². The van der Waals surface area contributed by atoms with Gasteiger partial charge in [0.05, 0.1) is 0 Å². The Morgan fingerprint density at radius 1 is 0.283 bits per heavy atom. The van der Waals surface area contributed by atoms with Crippen LogP contribution in [0.1, 0.15) is 0 Å². The third kappa shape index (κ3) is 3.78. The molecule has 0 spiro atoms. The van der Waals surface area contributed by atoms with E-state index < -0.39 is 0 Å². The number of hydrogen-bond donors (Lipinski definition) is 0. The van der Waals surface area contributed by atoms with Gasteiger partial charge in [-0.2, -0.15) is 0 Å². The Labute approximate surface area is 274 Å². The Morgan fingerprint density at radius 3 is 1.41 bits per heavy atom. The van der Waals surface area contributed by atoms with E-state index in [4.69, 9.17) is 0 Å². The fraction of sp³-hybridized carbons (Fsp3) is 0. The van der Waals surface area contributed by atoms with Gasteiger partial charge in [-0.15, -0.1) is 22.7 Å². The van der Waals surface area contributed by atoms with Gasteiger partial charge in [0.2, 0.25) is 0 Å². The van der Waals surface area contributed by atoms with Crippen molar-refractivity contribution in [1.82, 2.24) is 0 Å². The van der Waals surface area contributed by atoms with E-state index in [1.54, 1.807) is 0 Å². The summed E-state index contributed by atoms with van der Waals surface area (Å²) in [6.07, 6.45) is 0. The molecule has 0 atom stereocenters. The molecule has 0 fully saturated rings. The molecule has 10 rings (SSSR count). The molecule has 2 heteroatoms. The summed E-state index contributed by atoms with van der Waals surface area (Å²) in [6, 6.07) is 58.2. The van der Waals surface area contributed by atoms with E-state index in [1.165, 1.54) is 95.3 Å². The van der Waals surface area contributed by atoms with Crippen LogP contribution < -0.4 is 0 Å². The monoisotopic (exact) mass is 618 g/mol. The van der Waals surface area contributed by atoms with Crippen LogP contribution in [-0.2, 0) is 0 Å². The molecule has 0 saturated carbocycles. The molecule has 8 aromatic carbocycles. The van der Waals surface area contributed by atoms with Crippen LogP contribution in [0.25, 0.3) is 95.3 Å². The molecule has 10 aromatic rings. The minimum atomic E-state index is 1.25. The lowest BCUT2D eigenvalue weighted by atomic mass is 9.85. The van der Waals surface area contributed by atoms with E-state index in [0.717, 1.165) is 0 Å². The summed E-state index contributed by atoms with van der Waals surface area (Å²) in [4.78, 5) is 0. The van der Waals surface area contributed by atoms with Crippen molar-refractivity contribution < 1.29 is 0 Å². The first-order valence-electron chi connectivity index (χ1n) is 15.7. The predicted molar refractivity (Wildman–Crippen MR) is 204 cm³/mol. The molecule has 0 aliphatic heterocycles. The van der Waals surface area contributed by atoms with Gasteiger partial charge in [0, 0.05) is 45.9 Å². The Hall–Kier alpha value is -5.28. The lowest BCUT2D eigenvalue weighted by Crippen LogP contribution is -1.91. The van der Waals surface area contributed by atoms with Crippen LogP contribution in [0.15, 0.2) is 158 Å². The summed E-state index contributed by atoms with van der Waals surface area (Å²) in [5.41, 5.74) is 7.70. The Balaban J connectivity index is 1.32. The molecule has 0 saturated heterocycles. The van der Waals surface area contributed by atoms with E-state index in [2.05, 4.69) is 158 Å². The number of hydrogen-bond acceptors (Lipinski definition) is 2. The van der Waals surface area contributed by atoms with E-state index in [0.29, 0.717) is 0 Å². The number of fused-ring (bicyclic) bond motifs is 8. The van der Waals surface area contributed by atoms with Crippen LogP contribution in [0.3, 0.4) is 0 Å². The summed E-state index contributed by atoms with van der Waals surface area (Å²) in [7, 11) is 0. The van der Waals surface area contributed by atoms with Crippen LogP contribution >= 0.6 is 22.7 Å². The predicted octanol–water partition coefficient (Wildman–Crippen LogP) is 13.7. The van der Waals surface area contributed by atoms with Crippen molar-refractivity contribution >= 4 is 84.6 Å². The zero-order valence-corrected chi connectivity index (χ0v) is 26.5. The molecule has 0 radical (unpaired) electrons. The fourth-order valence-corrected chi connectivity index (χ4v) is 9.93. The molecule has 0 bridgehead atoms. The van der Waals surface area contributed by atoms with Crippen molar-refractivity contribution in [3.8, 4) is 33.4 Å². The number of benzene rings is 8. The molecular formula is C44H26S2. The van der Waals surface area contributed by atoms with Crippen LogP contribution in [-0.4, -0.2) is 0 Å². The SMILES string of the molecule is c1ccc(-c2c3ccccc3c(-c3cccc(-c4c5sc6ccccc6c5cc5sc6ccccc6c45)c3)c3ccccc23)cc1. The fourth-order valence-electron chi connectivity index (χ4n) is 7.52. The summed E-state index contributed by atoms with van der Waals surface area (Å²) in [5.74, 6) is 0. The highest BCUT2D eigenvalue weighted by molar-refractivity contribution is 7.28. The van der Waals surface area contributed by atoms with Crippen molar-refractivity contribution in [2.75, 3.05) is 0 Å². The molecule has 46 heavy (non-hydrogen) atoms. The first kappa shape index (κ1) is 26.0. The quantitative estimate of drug-likeness (QED) is 0.173. The van der Waals surface area contributed by atoms with Crippen molar-refractivity contribution in [3.63, 3.8) is 0 Å². The Morgan fingerprint density at radius 2 is 0.761 bits per heavy atom. The number of rotatable bonds is 3. The molecule has 0 aliphatic rings. The van der Waals surface area contributed by atoms with Crippen LogP contribution in [0.5, 0.6) is 0 Å². The van der Waals surface area contributed by atoms with E-state index in [1.807, 2.05) is 22.7 Å². The van der Waals surface area contributed by atoms with Crippen LogP contribution in [0.4, 0.5) is 0 Å². The zero-order chi connectivity index (χ0) is 30.2. The maximum atomic E-state index is 2.45. The average molecular weight is 619 g/mol. The standard InChI is InChI=1S/C44H26S2/c1-2-13-27(14-3-1)40-31-18-4-6-20-33(31)41(34-21-7-5-19-32(34)40)28-15-12-16-29(25-28)42-43-35-22-9-11-24-38(35)45-39(43)26-36-30-17-8-10-23-37(30)46-44(36)42/h1-26H. The maximum Gasteiger partial charge on any atom is 0.0441 e. The van der Waals surface area contributed by atoms with Gasteiger partial charge in [0.25, 0.3) is 0 Å². The minimum absolute atomic E-state index is 1.25. The van der Waals surface area contributed by atoms with Gasteiger partial charge < -0.3 is 0 Å². The summed E-state index contributed by atoms with van der Waals surface area (Å²) in [5, 5.41) is 10.5. The molecule has 0 unspecified atom stereocenters. The molecule has 0 amide bonds. The van der Waals surface area contributed by atoms with Crippen molar-refractivity contribution in [2.45, 2.75) is 0 Å². The molecule has 0 nitrogen and oxygen atoms in total. The summed E-state index contributed by atoms with van der Waals surface area (Å²) < 4.78 is 5.39. The van der Waals surface area contributed by atoms with Gasteiger partial charge in [0.1, 0.15) is 0 Å². The van der Waals surface area contributed by atoms with E-state index >= 15 is 0 Å². The largest absolute Gasteiger partial charge is 0.135 e. The van der Waals surface area contributed by atoms with Crippen LogP contribution in [0, 0.1) is 0 Å². The third-order valence-electron chi connectivity index (χ3n) is 9.44. The minimum Gasteiger partial charge on any atom is -0.135 e. The zero-order valence-electron chi connectivity index (χ0n) is 24.8. The molecule has 0 aliphatic carbocycles. The molecular weight excluding hydrogens is 593 g/mol. The highest BCUT2D eigenvalue weighted by Gasteiger charge is 2.20. The van der Waals surface area contributed by atoms with Gasteiger partial charge in [-0.3, -0.25) is 0 Å². The lowest BCUT2D eigenvalue weighted by Gasteiger charge is -2.18. The van der Waals surface area contributed by atoms with Crippen molar-refractivity contribution in [2.24, 2.45) is 0 Å². The average Bonchev–Trinajstić information content (AvgIpc) is 3.68. The highest BCUT2D eigenvalue weighted by Crippen LogP contribution is 2.50. The second kappa shape index (κ2) is 10.1. The Bertz CT molecular complexity index is 2730. The highest BCUT2D eigenvalue weighted by atomic mass is 32.1. The smallest absolute Gasteiger partial charge is 0.0441 e. The third-order valence-corrected chi connectivity index (χ3v) is 11.8. The van der Waals surface area contributed by atoms with Crippen LogP contribution in [0.2, 0.25) is 0 Å². The normalized spacial score (nSPS) is 11.9. The van der Waals surface area contributed by atoms with Gasteiger partial charge >= 0.3 is 0 Å². The lowest BCUT2D eigenvalue weighted by molar-refractivity contribution is 1.65. The first-order chi connectivity index (χ1) is 22.8. The van der Waals surface area contributed by atoms with Gasteiger partial charge in [-0.05, 0) is 73.6 Å². The maximum absolute atomic E-state index is 2.45. The Kier molecular flexibility index (Phi) is 5.72. The van der Waals surface area contributed by atoms with Gasteiger partial charge in [-0.1, -0.05) is 133 Å². The molecule has 0 N–H and O–H groups in total. The molecule has 214 valence electrons. The molecule has 2 aromatic heterocycles. The van der Waals surface area contributed by atoms with E-state index in [-0.39, 0.29) is 0 Å². The molecule has 2 heterocycles. The van der Waals surface area contributed by atoms with E-state index in [9.17, 15) is 0 Å². The first-order valence-corrected chi connectivity index (χ1v) is 17.3. The van der Waals surface area contributed by atoms with Gasteiger partial charge in [0.15, 0.2) is 0 Å². The van der Waals surface area contributed by atoms with Crippen molar-refractivity contribution in [1.29, 1.82) is 0 Å². The van der Waals surface area contributed by atoms with Gasteiger partial charge in [-0.25, -0.2) is 0 Å². The topological polar surface area (TPSA) is 0 Å².